The summed E-state index contributed by atoms with van der Waals surface area (Å²) in [5, 5.41) is 13.0. The van der Waals surface area contributed by atoms with Gasteiger partial charge in [0.05, 0.1) is 17.6 Å². The number of benzene rings is 1. The van der Waals surface area contributed by atoms with Gasteiger partial charge in [0.15, 0.2) is 0 Å². The van der Waals surface area contributed by atoms with Crippen LogP contribution in [0.1, 0.15) is 48.9 Å². The molecule has 2 aromatic heterocycles. The van der Waals surface area contributed by atoms with Gasteiger partial charge in [-0.05, 0) is 50.3 Å². The SMILES string of the molecule is O=C(CN1CCC[C@H](Cc2nc3ccccc3[nH]2)C1)Nc1nnc(C2CCC2)s1. The van der Waals surface area contributed by atoms with E-state index >= 15 is 0 Å². The average Bonchev–Trinajstić information content (AvgIpc) is 3.26. The number of nitrogens with zero attached hydrogens (tertiary/aromatic N) is 4. The van der Waals surface area contributed by atoms with Crippen molar-refractivity contribution in [3.05, 3.63) is 35.1 Å². The lowest BCUT2D eigenvalue weighted by atomic mass is 9.86. The van der Waals surface area contributed by atoms with Gasteiger partial charge in [0.25, 0.3) is 0 Å². The summed E-state index contributed by atoms with van der Waals surface area (Å²) < 4.78 is 0. The van der Waals surface area contributed by atoms with E-state index in [0.717, 1.165) is 47.8 Å². The number of amides is 1. The van der Waals surface area contributed by atoms with Gasteiger partial charge in [0, 0.05) is 18.9 Å². The van der Waals surface area contributed by atoms with Crippen LogP contribution in [0, 0.1) is 5.92 Å². The number of rotatable bonds is 6. The quantitative estimate of drug-likeness (QED) is 0.649. The maximum Gasteiger partial charge on any atom is 0.240 e. The number of hydrogen-bond acceptors (Lipinski definition) is 6. The molecule has 1 aromatic carbocycles. The monoisotopic (exact) mass is 410 g/mol. The van der Waals surface area contributed by atoms with E-state index in [1.165, 1.54) is 37.0 Å². The minimum absolute atomic E-state index is 0.00527. The molecule has 8 heteroatoms. The van der Waals surface area contributed by atoms with E-state index < -0.39 is 0 Å². The van der Waals surface area contributed by atoms with Gasteiger partial charge >= 0.3 is 0 Å². The number of carbonyl (C=O) groups is 1. The lowest BCUT2D eigenvalue weighted by molar-refractivity contribution is -0.117. The molecule has 1 aliphatic heterocycles. The lowest BCUT2D eigenvalue weighted by Crippen LogP contribution is -2.41. The van der Waals surface area contributed by atoms with Crippen molar-refractivity contribution in [2.24, 2.45) is 5.92 Å². The highest BCUT2D eigenvalue weighted by Crippen LogP contribution is 2.38. The van der Waals surface area contributed by atoms with Crippen LogP contribution in [0.5, 0.6) is 0 Å². The molecule has 0 radical (unpaired) electrons. The van der Waals surface area contributed by atoms with Gasteiger partial charge in [0.2, 0.25) is 11.0 Å². The number of piperidine rings is 1. The minimum Gasteiger partial charge on any atom is -0.342 e. The van der Waals surface area contributed by atoms with Crippen molar-refractivity contribution in [3.8, 4) is 0 Å². The molecule has 2 aliphatic rings. The number of aromatic nitrogens is 4. The zero-order valence-electron chi connectivity index (χ0n) is 16.4. The number of para-hydroxylation sites is 2. The fourth-order valence-corrected chi connectivity index (χ4v) is 5.23. The number of nitrogens with one attached hydrogen (secondary N) is 2. The Morgan fingerprint density at radius 3 is 2.93 bits per heavy atom. The first-order valence-electron chi connectivity index (χ1n) is 10.5. The molecular weight excluding hydrogens is 384 g/mol. The first-order valence-corrected chi connectivity index (χ1v) is 11.3. The molecule has 29 heavy (non-hydrogen) atoms. The third-order valence-electron chi connectivity index (χ3n) is 6.03. The summed E-state index contributed by atoms with van der Waals surface area (Å²) in [6.45, 7) is 2.30. The number of hydrogen-bond donors (Lipinski definition) is 2. The van der Waals surface area contributed by atoms with Crippen LogP contribution in [0.3, 0.4) is 0 Å². The number of likely N-dealkylation sites (tertiary alicyclic amines) is 1. The molecule has 1 atom stereocenters. The summed E-state index contributed by atoms with van der Waals surface area (Å²) in [5.41, 5.74) is 2.11. The van der Waals surface area contributed by atoms with Crippen molar-refractivity contribution in [3.63, 3.8) is 0 Å². The molecule has 0 bridgehead atoms. The van der Waals surface area contributed by atoms with Crippen LogP contribution >= 0.6 is 11.3 Å². The Kier molecular flexibility index (Phi) is 5.28. The number of H-pyrrole nitrogens is 1. The number of imidazole rings is 1. The maximum atomic E-state index is 12.5. The van der Waals surface area contributed by atoms with Crippen LogP contribution < -0.4 is 5.32 Å². The predicted molar refractivity (Wildman–Crippen MR) is 114 cm³/mol. The summed E-state index contributed by atoms with van der Waals surface area (Å²) in [6.07, 6.45) is 6.88. The molecule has 1 aliphatic carbocycles. The van der Waals surface area contributed by atoms with Gasteiger partial charge in [0.1, 0.15) is 10.8 Å². The van der Waals surface area contributed by atoms with Crippen LogP contribution in [0.25, 0.3) is 11.0 Å². The van der Waals surface area contributed by atoms with Crippen molar-refractivity contribution >= 4 is 33.4 Å². The highest BCUT2D eigenvalue weighted by atomic mass is 32.1. The molecule has 5 rings (SSSR count). The van der Waals surface area contributed by atoms with Gasteiger partial charge in [-0.3, -0.25) is 15.0 Å². The van der Waals surface area contributed by atoms with E-state index in [0.29, 0.717) is 23.5 Å². The Morgan fingerprint density at radius 2 is 2.10 bits per heavy atom. The topological polar surface area (TPSA) is 86.8 Å². The van der Waals surface area contributed by atoms with Gasteiger partial charge in [-0.15, -0.1) is 10.2 Å². The fourth-order valence-electron chi connectivity index (χ4n) is 4.30. The van der Waals surface area contributed by atoms with Gasteiger partial charge in [-0.1, -0.05) is 29.9 Å². The maximum absolute atomic E-state index is 12.5. The Hall–Kier alpha value is -2.32. The molecular formula is C21H26N6OS. The molecule has 7 nitrogen and oxygen atoms in total. The first-order chi connectivity index (χ1) is 14.2. The highest BCUT2D eigenvalue weighted by Gasteiger charge is 2.25. The zero-order chi connectivity index (χ0) is 19.6. The van der Waals surface area contributed by atoms with Crippen molar-refractivity contribution in [2.45, 2.75) is 44.4 Å². The molecule has 1 amide bonds. The van der Waals surface area contributed by atoms with E-state index in [9.17, 15) is 4.79 Å². The molecule has 3 heterocycles. The Bertz CT molecular complexity index is 961. The third kappa shape index (κ3) is 4.33. The van der Waals surface area contributed by atoms with E-state index in [-0.39, 0.29) is 5.91 Å². The van der Waals surface area contributed by atoms with Gasteiger partial charge in [-0.25, -0.2) is 4.98 Å². The summed E-state index contributed by atoms with van der Waals surface area (Å²) >= 11 is 1.53. The van der Waals surface area contributed by atoms with E-state index in [1.807, 2.05) is 18.2 Å². The Morgan fingerprint density at radius 1 is 1.21 bits per heavy atom. The van der Waals surface area contributed by atoms with Crippen molar-refractivity contribution in [1.82, 2.24) is 25.1 Å². The van der Waals surface area contributed by atoms with Crippen LogP contribution in [0.15, 0.2) is 24.3 Å². The normalized spacial score (nSPS) is 20.6. The van der Waals surface area contributed by atoms with Crippen LogP contribution in [0.4, 0.5) is 5.13 Å². The van der Waals surface area contributed by atoms with Crippen LogP contribution in [-0.2, 0) is 11.2 Å². The van der Waals surface area contributed by atoms with Crippen molar-refractivity contribution < 1.29 is 4.79 Å². The zero-order valence-corrected chi connectivity index (χ0v) is 17.2. The van der Waals surface area contributed by atoms with Crippen LogP contribution in [-0.4, -0.2) is 50.6 Å². The third-order valence-corrected chi connectivity index (χ3v) is 7.03. The van der Waals surface area contributed by atoms with Gasteiger partial charge in [-0.2, -0.15) is 0 Å². The molecule has 1 saturated carbocycles. The molecule has 0 unspecified atom stereocenters. The van der Waals surface area contributed by atoms with Crippen molar-refractivity contribution in [1.29, 1.82) is 0 Å². The number of anilines is 1. The standard InChI is InChI=1S/C21H26N6OS/c28-19(24-21-26-25-20(29-21)15-6-3-7-15)13-27-10-4-5-14(12-27)11-18-22-16-8-1-2-9-17(16)23-18/h1-2,8-9,14-15H,3-7,10-13H2,(H,22,23)(H,24,26,28)/t14-/m1/s1. The summed E-state index contributed by atoms with van der Waals surface area (Å²) in [6, 6.07) is 8.14. The Labute approximate surface area is 173 Å². The molecule has 2 N–H and O–H groups in total. The second-order valence-electron chi connectivity index (χ2n) is 8.27. The van der Waals surface area contributed by atoms with Crippen molar-refractivity contribution in [2.75, 3.05) is 25.0 Å². The predicted octanol–water partition coefficient (Wildman–Crippen LogP) is 3.58. The lowest BCUT2D eigenvalue weighted by Gasteiger charge is -2.31. The van der Waals surface area contributed by atoms with Crippen LogP contribution in [0.2, 0.25) is 0 Å². The largest absolute Gasteiger partial charge is 0.342 e. The minimum atomic E-state index is 0.00527. The highest BCUT2D eigenvalue weighted by molar-refractivity contribution is 7.15. The van der Waals surface area contributed by atoms with E-state index in [4.69, 9.17) is 4.98 Å². The smallest absolute Gasteiger partial charge is 0.240 e. The van der Waals surface area contributed by atoms with Gasteiger partial charge < -0.3 is 4.98 Å². The number of aromatic amines is 1. The molecule has 152 valence electrons. The summed E-state index contributed by atoms with van der Waals surface area (Å²) in [5.74, 6) is 2.12. The van der Waals surface area contributed by atoms with E-state index in [2.05, 4.69) is 31.5 Å². The molecule has 2 fully saturated rings. The number of fused-ring (bicyclic) bond motifs is 1. The first kappa shape index (κ1) is 18.7. The summed E-state index contributed by atoms with van der Waals surface area (Å²) in [4.78, 5) is 22.9. The van der Waals surface area contributed by atoms with E-state index in [1.54, 1.807) is 0 Å². The second kappa shape index (κ2) is 8.20. The molecule has 3 aromatic rings. The molecule has 1 saturated heterocycles. The average molecular weight is 411 g/mol. The summed E-state index contributed by atoms with van der Waals surface area (Å²) in [7, 11) is 0. The molecule has 0 spiro atoms. The fraction of sp³-hybridized carbons (Fsp3) is 0.524. The second-order valence-corrected chi connectivity index (χ2v) is 9.28. The number of carbonyl (C=O) groups excluding carboxylic acids is 1. The Balaban J connectivity index is 1.14.